The molecule has 0 bridgehead atoms. The smallest absolute Gasteiger partial charge is 0.251 e. The van der Waals surface area contributed by atoms with Crippen molar-refractivity contribution in [1.29, 1.82) is 0 Å². The lowest BCUT2D eigenvalue weighted by Gasteiger charge is -2.33. The summed E-state index contributed by atoms with van der Waals surface area (Å²) in [4.78, 5) is 16.9. The molecule has 1 N–H and O–H groups in total. The number of nitrogens with one attached hydrogen (secondary N) is 1. The Hall–Kier alpha value is -2.33. The molecule has 1 atom stereocenters. The quantitative estimate of drug-likeness (QED) is 0.839. The van der Waals surface area contributed by atoms with E-state index in [-0.39, 0.29) is 5.91 Å². The highest BCUT2D eigenvalue weighted by Gasteiger charge is 2.17. The molecule has 0 aromatic heterocycles. The van der Waals surface area contributed by atoms with E-state index in [1.807, 2.05) is 43.3 Å². The number of hydrogen-bond acceptors (Lipinski definition) is 3. The van der Waals surface area contributed by atoms with Crippen LogP contribution in [0.3, 0.4) is 0 Å². The average molecular weight is 366 g/mol. The Bertz CT molecular complexity index is 737. The topological polar surface area (TPSA) is 35.6 Å². The van der Waals surface area contributed by atoms with Crippen LogP contribution in [-0.4, -0.2) is 37.5 Å². The molecule has 0 radical (unpaired) electrons. The van der Waals surface area contributed by atoms with Gasteiger partial charge in [0.1, 0.15) is 0 Å². The Labute approximate surface area is 163 Å². The molecule has 1 aliphatic heterocycles. The molecule has 1 unspecified atom stereocenters. The minimum atomic E-state index is -0.0356. The Kier molecular flexibility index (Phi) is 6.51. The fraction of sp³-hybridized carbons (Fsp3) is 0.435. The van der Waals surface area contributed by atoms with Crippen LogP contribution in [0.4, 0.5) is 5.69 Å². The molecular weight excluding hydrogens is 334 g/mol. The number of amides is 1. The zero-order valence-electron chi connectivity index (χ0n) is 16.7. The van der Waals surface area contributed by atoms with E-state index in [2.05, 4.69) is 41.4 Å². The second kappa shape index (κ2) is 9.05. The maximum absolute atomic E-state index is 12.3. The molecule has 144 valence electrons. The van der Waals surface area contributed by atoms with Crippen molar-refractivity contribution in [2.75, 3.05) is 25.5 Å². The van der Waals surface area contributed by atoms with Gasteiger partial charge < -0.3 is 10.2 Å². The summed E-state index contributed by atoms with van der Waals surface area (Å²) in [6.07, 6.45) is 3.97. The first-order valence-electron chi connectivity index (χ1n) is 9.90. The summed E-state index contributed by atoms with van der Waals surface area (Å²) in [6, 6.07) is 17.0. The molecule has 2 aromatic carbocycles. The lowest BCUT2D eigenvalue weighted by Crippen LogP contribution is -2.36. The minimum Gasteiger partial charge on any atom is -0.378 e. The van der Waals surface area contributed by atoms with Gasteiger partial charge in [0.25, 0.3) is 5.91 Å². The molecule has 1 heterocycles. The Balaban J connectivity index is 1.51. The number of piperidine rings is 1. The van der Waals surface area contributed by atoms with Crippen LogP contribution >= 0.6 is 0 Å². The van der Waals surface area contributed by atoms with Gasteiger partial charge in [-0.05, 0) is 61.7 Å². The molecule has 4 heteroatoms. The standard InChI is InChI=1S/C23H31N3O/c1-18-6-4-5-15-26(18)17-20-9-7-19(8-10-20)16-24-23(27)21-11-13-22(14-12-21)25(2)3/h7-14,18H,4-6,15-17H2,1-3H3,(H,24,27). The Morgan fingerprint density at radius 3 is 2.33 bits per heavy atom. The van der Waals surface area contributed by atoms with Gasteiger partial charge >= 0.3 is 0 Å². The maximum atomic E-state index is 12.3. The van der Waals surface area contributed by atoms with E-state index in [0.29, 0.717) is 18.2 Å². The first kappa shape index (κ1) is 19.4. The summed E-state index contributed by atoms with van der Waals surface area (Å²) in [5.41, 5.74) is 4.25. The van der Waals surface area contributed by atoms with Crippen molar-refractivity contribution in [2.24, 2.45) is 0 Å². The van der Waals surface area contributed by atoms with Gasteiger partial charge in [-0.2, -0.15) is 0 Å². The number of likely N-dealkylation sites (tertiary alicyclic amines) is 1. The van der Waals surface area contributed by atoms with E-state index >= 15 is 0 Å². The van der Waals surface area contributed by atoms with Crippen LogP contribution in [0.1, 0.15) is 47.7 Å². The summed E-state index contributed by atoms with van der Waals surface area (Å²) in [6.45, 7) is 5.10. The molecule has 2 aromatic rings. The monoisotopic (exact) mass is 365 g/mol. The summed E-state index contributed by atoms with van der Waals surface area (Å²) in [7, 11) is 3.98. The summed E-state index contributed by atoms with van der Waals surface area (Å²) in [5.74, 6) is -0.0356. The fourth-order valence-corrected chi connectivity index (χ4v) is 3.58. The third-order valence-electron chi connectivity index (χ3n) is 5.45. The summed E-state index contributed by atoms with van der Waals surface area (Å²) < 4.78 is 0. The molecule has 0 saturated carbocycles. The van der Waals surface area contributed by atoms with Crippen LogP contribution in [-0.2, 0) is 13.1 Å². The summed E-state index contributed by atoms with van der Waals surface area (Å²) in [5, 5.41) is 3.01. The van der Waals surface area contributed by atoms with Gasteiger partial charge in [0.15, 0.2) is 0 Å². The largest absolute Gasteiger partial charge is 0.378 e. The lowest BCUT2D eigenvalue weighted by atomic mass is 10.0. The molecule has 1 saturated heterocycles. The van der Waals surface area contributed by atoms with Gasteiger partial charge in [0.2, 0.25) is 0 Å². The van der Waals surface area contributed by atoms with Gasteiger partial charge in [-0.15, -0.1) is 0 Å². The Morgan fingerprint density at radius 2 is 1.70 bits per heavy atom. The van der Waals surface area contributed by atoms with Crippen LogP contribution < -0.4 is 10.2 Å². The van der Waals surface area contributed by atoms with Crippen LogP contribution in [0.25, 0.3) is 0 Å². The highest BCUT2D eigenvalue weighted by molar-refractivity contribution is 5.94. The lowest BCUT2D eigenvalue weighted by molar-refractivity contribution is 0.0951. The minimum absolute atomic E-state index is 0.0356. The fourth-order valence-electron chi connectivity index (χ4n) is 3.58. The van der Waals surface area contributed by atoms with Crippen LogP contribution in [0.5, 0.6) is 0 Å². The van der Waals surface area contributed by atoms with Crippen molar-refractivity contribution in [1.82, 2.24) is 10.2 Å². The van der Waals surface area contributed by atoms with Crippen LogP contribution in [0.2, 0.25) is 0 Å². The highest BCUT2D eigenvalue weighted by atomic mass is 16.1. The average Bonchev–Trinajstić information content (AvgIpc) is 2.69. The maximum Gasteiger partial charge on any atom is 0.251 e. The molecule has 1 aliphatic rings. The van der Waals surface area contributed by atoms with E-state index in [4.69, 9.17) is 0 Å². The molecule has 0 aliphatic carbocycles. The molecule has 27 heavy (non-hydrogen) atoms. The second-order valence-electron chi connectivity index (χ2n) is 7.76. The first-order chi connectivity index (χ1) is 13.0. The molecule has 1 amide bonds. The number of hydrogen-bond donors (Lipinski definition) is 1. The number of benzene rings is 2. The van der Waals surface area contributed by atoms with Crippen molar-refractivity contribution in [2.45, 2.75) is 45.3 Å². The highest BCUT2D eigenvalue weighted by Crippen LogP contribution is 2.19. The number of rotatable bonds is 6. The molecule has 4 nitrogen and oxygen atoms in total. The molecule has 1 fully saturated rings. The third kappa shape index (κ3) is 5.33. The van der Waals surface area contributed by atoms with Gasteiger partial charge in [0, 0.05) is 44.5 Å². The predicted octanol–water partition coefficient (Wildman–Crippen LogP) is 4.06. The normalized spacial score (nSPS) is 17.5. The Morgan fingerprint density at radius 1 is 1.04 bits per heavy atom. The van der Waals surface area contributed by atoms with Crippen molar-refractivity contribution in [3.05, 3.63) is 65.2 Å². The predicted molar refractivity (Wildman–Crippen MR) is 112 cm³/mol. The van der Waals surface area contributed by atoms with Crippen LogP contribution in [0.15, 0.2) is 48.5 Å². The first-order valence-corrected chi connectivity index (χ1v) is 9.90. The van der Waals surface area contributed by atoms with Crippen LogP contribution in [0, 0.1) is 0 Å². The second-order valence-corrected chi connectivity index (χ2v) is 7.76. The molecule has 0 spiro atoms. The van der Waals surface area contributed by atoms with Gasteiger partial charge in [-0.3, -0.25) is 9.69 Å². The third-order valence-corrected chi connectivity index (χ3v) is 5.45. The van der Waals surface area contributed by atoms with Crippen molar-refractivity contribution in [3.8, 4) is 0 Å². The van der Waals surface area contributed by atoms with E-state index in [0.717, 1.165) is 17.8 Å². The number of carbonyl (C=O) groups is 1. The number of anilines is 1. The zero-order valence-corrected chi connectivity index (χ0v) is 16.7. The molecular formula is C23H31N3O. The van der Waals surface area contributed by atoms with Gasteiger partial charge in [0.05, 0.1) is 0 Å². The van der Waals surface area contributed by atoms with Crippen molar-refractivity contribution in [3.63, 3.8) is 0 Å². The van der Waals surface area contributed by atoms with Crippen molar-refractivity contribution < 1.29 is 4.79 Å². The van der Waals surface area contributed by atoms with E-state index in [1.165, 1.54) is 31.4 Å². The number of carbonyl (C=O) groups excluding carboxylic acids is 1. The number of nitrogens with zero attached hydrogens (tertiary/aromatic N) is 2. The van der Waals surface area contributed by atoms with Crippen molar-refractivity contribution >= 4 is 11.6 Å². The zero-order chi connectivity index (χ0) is 19.2. The van der Waals surface area contributed by atoms with E-state index in [9.17, 15) is 4.79 Å². The SMILES string of the molecule is CC1CCCCN1Cc1ccc(CNC(=O)c2ccc(N(C)C)cc2)cc1. The summed E-state index contributed by atoms with van der Waals surface area (Å²) >= 11 is 0. The molecule has 3 rings (SSSR count). The van der Waals surface area contributed by atoms with Gasteiger partial charge in [-0.25, -0.2) is 0 Å². The van der Waals surface area contributed by atoms with Gasteiger partial charge in [-0.1, -0.05) is 30.7 Å². The van der Waals surface area contributed by atoms with E-state index in [1.54, 1.807) is 0 Å². The van der Waals surface area contributed by atoms with E-state index < -0.39 is 0 Å².